The first-order valence-electron chi connectivity index (χ1n) is 6.56. The topological polar surface area (TPSA) is 46.7 Å². The zero-order chi connectivity index (χ0) is 15.4. The standard InChI is InChI=1S/C15H16Cl2N2O2/c1-10-6-7-11(21-10)8-19(2)9-14(20)18-13-5-3-4-12(16)15(13)17/h3-7H,8-9H2,1-2H3,(H,18,20)/p+1. The van der Waals surface area contributed by atoms with Crippen LogP contribution >= 0.6 is 23.2 Å². The molecule has 2 rings (SSSR count). The molecule has 6 heteroatoms. The van der Waals surface area contributed by atoms with Gasteiger partial charge in [0.1, 0.15) is 12.3 Å². The van der Waals surface area contributed by atoms with Crippen LogP contribution in [0.4, 0.5) is 5.69 Å². The van der Waals surface area contributed by atoms with Crippen molar-refractivity contribution in [3.05, 3.63) is 51.9 Å². The van der Waals surface area contributed by atoms with Gasteiger partial charge in [-0.25, -0.2) is 0 Å². The molecule has 1 atom stereocenters. The molecule has 0 aliphatic carbocycles. The molecule has 0 bridgehead atoms. The monoisotopic (exact) mass is 327 g/mol. The van der Waals surface area contributed by atoms with Crippen molar-refractivity contribution in [3.8, 4) is 0 Å². The molecule has 21 heavy (non-hydrogen) atoms. The molecule has 1 aromatic carbocycles. The van der Waals surface area contributed by atoms with Crippen LogP contribution in [-0.2, 0) is 11.3 Å². The van der Waals surface area contributed by atoms with E-state index in [1.165, 1.54) is 0 Å². The molecule has 0 aliphatic heterocycles. The smallest absolute Gasteiger partial charge is 0.279 e. The highest BCUT2D eigenvalue weighted by Gasteiger charge is 2.14. The molecule has 0 saturated heterocycles. The van der Waals surface area contributed by atoms with Gasteiger partial charge in [-0.05, 0) is 31.2 Å². The lowest BCUT2D eigenvalue weighted by molar-refractivity contribution is -0.886. The van der Waals surface area contributed by atoms with E-state index in [1.807, 2.05) is 26.1 Å². The van der Waals surface area contributed by atoms with Crippen LogP contribution < -0.4 is 10.2 Å². The van der Waals surface area contributed by atoms with Crippen LogP contribution in [0, 0.1) is 6.92 Å². The molecule has 0 radical (unpaired) electrons. The Labute approximate surface area is 133 Å². The van der Waals surface area contributed by atoms with Crippen molar-refractivity contribution >= 4 is 34.8 Å². The maximum atomic E-state index is 12.0. The Hall–Kier alpha value is -1.49. The summed E-state index contributed by atoms with van der Waals surface area (Å²) in [6, 6.07) is 8.97. The molecule has 0 saturated carbocycles. The highest BCUT2D eigenvalue weighted by molar-refractivity contribution is 6.43. The van der Waals surface area contributed by atoms with Gasteiger partial charge in [0.2, 0.25) is 0 Å². The molecule has 0 spiro atoms. The molecule has 0 aliphatic rings. The van der Waals surface area contributed by atoms with E-state index in [4.69, 9.17) is 27.6 Å². The van der Waals surface area contributed by atoms with Crippen LogP contribution in [0.5, 0.6) is 0 Å². The summed E-state index contributed by atoms with van der Waals surface area (Å²) in [5.41, 5.74) is 0.524. The molecule has 1 amide bonds. The van der Waals surface area contributed by atoms with Crippen molar-refractivity contribution in [2.45, 2.75) is 13.5 Å². The predicted molar refractivity (Wildman–Crippen MR) is 84.0 cm³/mol. The van der Waals surface area contributed by atoms with Crippen LogP contribution in [0.25, 0.3) is 0 Å². The zero-order valence-corrected chi connectivity index (χ0v) is 13.4. The van der Waals surface area contributed by atoms with Gasteiger partial charge in [0.25, 0.3) is 5.91 Å². The van der Waals surface area contributed by atoms with Crippen LogP contribution in [0.3, 0.4) is 0 Å². The largest absolute Gasteiger partial charge is 0.460 e. The van der Waals surface area contributed by atoms with E-state index in [2.05, 4.69) is 5.32 Å². The first-order chi connectivity index (χ1) is 9.95. The number of hydrogen-bond donors (Lipinski definition) is 2. The number of amides is 1. The number of nitrogens with one attached hydrogen (secondary N) is 2. The zero-order valence-electron chi connectivity index (χ0n) is 11.9. The van der Waals surface area contributed by atoms with Crippen molar-refractivity contribution in [2.75, 3.05) is 18.9 Å². The first kappa shape index (κ1) is 15.9. The number of anilines is 1. The second-order valence-corrected chi connectivity index (χ2v) is 5.76. The van der Waals surface area contributed by atoms with E-state index in [1.54, 1.807) is 18.2 Å². The lowest BCUT2D eigenvalue weighted by Crippen LogP contribution is -3.08. The highest BCUT2D eigenvalue weighted by Crippen LogP contribution is 2.29. The number of aryl methyl sites for hydroxylation is 1. The van der Waals surface area contributed by atoms with Crippen LogP contribution in [0.1, 0.15) is 11.5 Å². The van der Waals surface area contributed by atoms with Crippen LogP contribution in [0.15, 0.2) is 34.7 Å². The molecule has 112 valence electrons. The molecular weight excluding hydrogens is 311 g/mol. The molecule has 2 N–H and O–H groups in total. The minimum atomic E-state index is -0.125. The average molecular weight is 328 g/mol. The quantitative estimate of drug-likeness (QED) is 0.886. The molecule has 4 nitrogen and oxygen atoms in total. The van der Waals surface area contributed by atoms with Crippen molar-refractivity contribution < 1.29 is 14.1 Å². The Kier molecular flexibility index (Phi) is 5.28. The van der Waals surface area contributed by atoms with Crippen LogP contribution in [0.2, 0.25) is 10.0 Å². The summed E-state index contributed by atoms with van der Waals surface area (Å²) >= 11 is 11.9. The van der Waals surface area contributed by atoms with Crippen molar-refractivity contribution in [3.63, 3.8) is 0 Å². The van der Waals surface area contributed by atoms with Gasteiger partial charge in [0, 0.05) is 0 Å². The van der Waals surface area contributed by atoms with Crippen molar-refractivity contribution in [1.82, 2.24) is 0 Å². The summed E-state index contributed by atoms with van der Waals surface area (Å²) in [6.45, 7) is 2.85. The normalized spacial score (nSPS) is 12.2. The lowest BCUT2D eigenvalue weighted by Gasteiger charge is -2.13. The van der Waals surface area contributed by atoms with Crippen molar-refractivity contribution in [1.29, 1.82) is 0 Å². The van der Waals surface area contributed by atoms with Gasteiger partial charge >= 0.3 is 0 Å². The Morgan fingerprint density at radius 1 is 1.29 bits per heavy atom. The number of furan rings is 1. The van der Waals surface area contributed by atoms with Gasteiger partial charge in [-0.15, -0.1) is 0 Å². The first-order valence-corrected chi connectivity index (χ1v) is 7.32. The van der Waals surface area contributed by atoms with Gasteiger partial charge in [0.15, 0.2) is 12.3 Å². The van der Waals surface area contributed by atoms with Crippen molar-refractivity contribution in [2.24, 2.45) is 0 Å². The number of hydrogen-bond acceptors (Lipinski definition) is 2. The molecular formula is C15H17Cl2N2O2+. The fourth-order valence-electron chi connectivity index (χ4n) is 2.01. The average Bonchev–Trinajstić information content (AvgIpc) is 2.80. The summed E-state index contributed by atoms with van der Waals surface area (Å²) in [5, 5.41) is 3.54. The summed E-state index contributed by atoms with van der Waals surface area (Å²) in [5.74, 6) is 1.60. The van der Waals surface area contributed by atoms with Gasteiger partial charge in [-0.1, -0.05) is 29.3 Å². The van der Waals surface area contributed by atoms with E-state index >= 15 is 0 Å². The minimum Gasteiger partial charge on any atom is -0.460 e. The Morgan fingerprint density at radius 3 is 2.71 bits per heavy atom. The number of carbonyl (C=O) groups is 1. The molecule has 1 unspecified atom stereocenters. The second kappa shape index (κ2) is 6.98. The third-order valence-corrected chi connectivity index (χ3v) is 3.78. The van der Waals surface area contributed by atoms with Crippen LogP contribution in [-0.4, -0.2) is 19.5 Å². The summed E-state index contributed by atoms with van der Waals surface area (Å²) in [4.78, 5) is 13.0. The lowest BCUT2D eigenvalue weighted by atomic mass is 10.3. The Balaban J connectivity index is 1.90. The highest BCUT2D eigenvalue weighted by atomic mass is 35.5. The Bertz CT molecular complexity index is 640. The summed E-state index contributed by atoms with van der Waals surface area (Å²) in [6.07, 6.45) is 0. The predicted octanol–water partition coefficient (Wildman–Crippen LogP) is 2.55. The number of likely N-dealkylation sites (N-methyl/N-ethyl adjacent to an activating group) is 1. The fourth-order valence-corrected chi connectivity index (χ4v) is 2.36. The molecule has 0 fully saturated rings. The summed E-state index contributed by atoms with van der Waals surface area (Å²) < 4.78 is 5.50. The maximum Gasteiger partial charge on any atom is 0.279 e. The van der Waals surface area contributed by atoms with Gasteiger partial charge in [-0.2, -0.15) is 0 Å². The molecule has 1 aromatic heterocycles. The van der Waals surface area contributed by atoms with Gasteiger partial charge in [0.05, 0.1) is 22.8 Å². The number of rotatable bonds is 5. The third kappa shape index (κ3) is 4.49. The maximum absolute atomic E-state index is 12.0. The summed E-state index contributed by atoms with van der Waals surface area (Å²) in [7, 11) is 1.93. The van der Waals surface area contributed by atoms with Gasteiger partial charge < -0.3 is 14.6 Å². The third-order valence-electron chi connectivity index (χ3n) is 2.96. The SMILES string of the molecule is Cc1ccc(C[NH+](C)CC(=O)Nc2cccc(Cl)c2Cl)o1. The van der Waals surface area contributed by atoms with E-state index in [9.17, 15) is 4.79 Å². The number of carbonyl (C=O) groups excluding carboxylic acids is 1. The molecule has 1 heterocycles. The van der Waals surface area contributed by atoms with E-state index in [0.717, 1.165) is 16.4 Å². The van der Waals surface area contributed by atoms with E-state index < -0.39 is 0 Å². The number of benzene rings is 1. The number of halogens is 2. The van der Waals surface area contributed by atoms with E-state index in [0.29, 0.717) is 28.8 Å². The fraction of sp³-hybridized carbons (Fsp3) is 0.267. The Morgan fingerprint density at radius 2 is 2.05 bits per heavy atom. The minimum absolute atomic E-state index is 0.125. The molecule has 2 aromatic rings. The van der Waals surface area contributed by atoms with E-state index in [-0.39, 0.29) is 5.91 Å². The van der Waals surface area contributed by atoms with Gasteiger partial charge in [-0.3, -0.25) is 4.79 Å². The number of quaternary nitrogens is 1. The second-order valence-electron chi connectivity index (χ2n) is 4.97.